The summed E-state index contributed by atoms with van der Waals surface area (Å²) in [4.78, 5) is 1.12. The van der Waals surface area contributed by atoms with Crippen LogP contribution >= 0.6 is 0 Å². The minimum Gasteiger partial charge on any atom is -0.488 e. The van der Waals surface area contributed by atoms with Crippen LogP contribution in [0.4, 0.5) is 0 Å². The van der Waals surface area contributed by atoms with E-state index in [1.165, 1.54) is 0 Å². The normalized spacial score (nSPS) is 24.5. The van der Waals surface area contributed by atoms with E-state index in [1.54, 1.807) is 29.7 Å². The van der Waals surface area contributed by atoms with Crippen molar-refractivity contribution in [1.29, 1.82) is 0 Å². The average Bonchev–Trinajstić information content (AvgIpc) is 3.02. The number of rotatable bonds is 5. The molecule has 8 heteroatoms. The van der Waals surface area contributed by atoms with Gasteiger partial charge in [0.05, 0.1) is 70.2 Å². The first-order valence-electron chi connectivity index (χ1n) is 11.8. The zero-order valence-electron chi connectivity index (χ0n) is 19.7. The van der Waals surface area contributed by atoms with Crippen molar-refractivity contribution >= 4 is 21.6 Å². The Morgan fingerprint density at radius 2 is 1.36 bits per heavy atom. The second-order valence-corrected chi connectivity index (χ2v) is 11.3. The van der Waals surface area contributed by atoms with Crippen molar-refractivity contribution < 1.29 is 27.4 Å². The molecule has 0 saturated heterocycles. The third-order valence-electron chi connectivity index (χ3n) is 6.05. The Kier molecular flexibility index (Phi) is 8.40. The van der Waals surface area contributed by atoms with Crippen LogP contribution in [0.15, 0.2) is 99.8 Å². The lowest BCUT2D eigenvalue weighted by molar-refractivity contribution is -0.122. The highest BCUT2D eigenvalue weighted by Crippen LogP contribution is 2.27. The molecule has 0 bridgehead atoms. The molecule has 36 heavy (non-hydrogen) atoms. The van der Waals surface area contributed by atoms with Crippen LogP contribution in [0, 0.1) is 0 Å². The molecule has 2 aliphatic heterocycles. The first-order valence-corrected chi connectivity index (χ1v) is 14.3. The summed E-state index contributed by atoms with van der Waals surface area (Å²) >= 11 is 0. The largest absolute Gasteiger partial charge is 0.488 e. The summed E-state index contributed by atoms with van der Waals surface area (Å²) in [6.07, 6.45) is -0.996. The van der Waals surface area contributed by atoms with Gasteiger partial charge in [0.2, 0.25) is 0 Å². The van der Waals surface area contributed by atoms with Gasteiger partial charge in [0.1, 0.15) is 18.0 Å². The highest BCUT2D eigenvalue weighted by atomic mass is 32.2. The van der Waals surface area contributed by atoms with E-state index < -0.39 is 33.8 Å². The van der Waals surface area contributed by atoms with Crippen LogP contribution in [-0.2, 0) is 60.4 Å². The average molecular weight is 525 g/mol. The van der Waals surface area contributed by atoms with E-state index in [0.717, 1.165) is 16.7 Å². The Morgan fingerprint density at radius 3 is 2.08 bits per heavy atom. The second-order valence-electron chi connectivity index (χ2n) is 8.61. The van der Waals surface area contributed by atoms with Gasteiger partial charge in [0.15, 0.2) is 0 Å². The summed E-state index contributed by atoms with van der Waals surface area (Å²) in [5.74, 6) is 0.538. The number of hydrogen-bond acceptors (Lipinski definition) is 6. The molecule has 2 heterocycles. The molecule has 0 spiro atoms. The molecule has 0 unspecified atom stereocenters. The monoisotopic (exact) mass is 524 g/mol. The van der Waals surface area contributed by atoms with Gasteiger partial charge in [0, 0.05) is 5.41 Å². The fourth-order valence-corrected chi connectivity index (χ4v) is 6.85. The quantitative estimate of drug-likeness (QED) is 0.490. The zero-order valence-corrected chi connectivity index (χ0v) is 21.4. The third-order valence-corrected chi connectivity index (χ3v) is 8.83. The minimum atomic E-state index is -1.47. The molecule has 0 saturated carbocycles. The highest BCUT2D eigenvalue weighted by Gasteiger charge is 2.29. The maximum atomic E-state index is 13.0. The van der Waals surface area contributed by atoms with E-state index in [2.05, 4.69) is 0 Å². The van der Waals surface area contributed by atoms with Gasteiger partial charge in [0.25, 0.3) is 0 Å². The Labute approximate surface area is 216 Å². The smallest absolute Gasteiger partial charge is 0.150 e. The predicted octanol–water partition coefficient (Wildman–Crippen LogP) is 4.47. The van der Waals surface area contributed by atoms with Gasteiger partial charge in [-0.25, -0.2) is 4.21 Å². The first-order chi connectivity index (χ1) is 17.7. The maximum absolute atomic E-state index is 13.0. The van der Waals surface area contributed by atoms with Gasteiger partial charge in [-0.2, -0.15) is 0 Å². The lowest BCUT2D eigenvalue weighted by atomic mass is 10.1. The Balaban J connectivity index is 1.37. The van der Waals surface area contributed by atoms with Gasteiger partial charge in [-0.15, -0.1) is 0 Å². The van der Waals surface area contributed by atoms with Crippen LogP contribution in [0.1, 0.15) is 16.7 Å². The van der Waals surface area contributed by atoms with Crippen molar-refractivity contribution in [3.05, 3.63) is 107 Å². The lowest BCUT2D eigenvalue weighted by Gasteiger charge is -2.30. The van der Waals surface area contributed by atoms with E-state index >= 15 is 0 Å². The van der Waals surface area contributed by atoms with Crippen LogP contribution in [0.25, 0.3) is 0 Å². The molecule has 0 radical (unpaired) electrons. The van der Waals surface area contributed by atoms with E-state index in [1.807, 2.05) is 54.6 Å². The number of ether oxygens (including phenoxy) is 4. The van der Waals surface area contributed by atoms with Crippen molar-refractivity contribution in [1.82, 2.24) is 0 Å². The number of fused-ring (bicyclic) bond motifs is 2. The minimum absolute atomic E-state index is 0.133. The van der Waals surface area contributed by atoms with Gasteiger partial charge in [-0.3, -0.25) is 4.21 Å². The molecule has 3 aromatic rings. The fraction of sp³-hybridized carbons (Fsp3) is 0.286. The molecule has 0 aromatic heterocycles. The molecule has 0 fully saturated rings. The van der Waals surface area contributed by atoms with Crippen LogP contribution < -0.4 is 0 Å². The molecule has 6 nitrogen and oxygen atoms in total. The van der Waals surface area contributed by atoms with Crippen molar-refractivity contribution in [2.24, 2.45) is 0 Å². The van der Waals surface area contributed by atoms with Gasteiger partial charge in [-0.1, -0.05) is 66.7 Å². The molecule has 3 aromatic carbocycles. The van der Waals surface area contributed by atoms with Gasteiger partial charge >= 0.3 is 0 Å². The van der Waals surface area contributed by atoms with Crippen LogP contribution in [0.2, 0.25) is 0 Å². The Morgan fingerprint density at radius 1 is 0.750 bits per heavy atom. The van der Waals surface area contributed by atoms with Crippen molar-refractivity contribution in [2.75, 3.05) is 19.0 Å². The second kappa shape index (κ2) is 12.1. The molecule has 0 amide bonds. The molecule has 4 atom stereocenters. The van der Waals surface area contributed by atoms with Crippen LogP contribution in [-0.4, -0.2) is 39.6 Å². The zero-order chi connectivity index (χ0) is 24.7. The highest BCUT2D eigenvalue weighted by molar-refractivity contribution is 7.90. The summed E-state index contributed by atoms with van der Waals surface area (Å²) in [5, 5.41) is 1.55. The molecule has 0 N–H and O–H groups in total. The van der Waals surface area contributed by atoms with Crippen molar-refractivity contribution in [2.45, 2.75) is 41.8 Å². The standard InChI is InChI=1S/C28H28O6S2/c29-35-19-24(20-36(30)28-13-7-6-12-27(28)35)34-26-18-32-16-23-11-5-4-10-22(23)15-31-17-25(26)33-14-21-8-2-1-3-9-21/h1-13,19,25-26H,14-18,20H2/t25-,26+,35+,36+/m1/s1. The maximum Gasteiger partial charge on any atom is 0.150 e. The fourth-order valence-electron chi connectivity index (χ4n) is 4.15. The van der Waals surface area contributed by atoms with E-state index in [4.69, 9.17) is 18.9 Å². The molecule has 2 aliphatic rings. The SMILES string of the molecule is O=[S@]1C=C(O[C@H]2COCc3ccccc3COC[C@H]2OCc2ccccc2)C[S@](=O)c2ccccc21. The Hall–Kier alpha value is -2.62. The molecular weight excluding hydrogens is 496 g/mol. The van der Waals surface area contributed by atoms with E-state index in [-0.39, 0.29) is 19.0 Å². The third kappa shape index (κ3) is 6.19. The summed E-state index contributed by atoms with van der Waals surface area (Å²) in [7, 11) is -2.84. The summed E-state index contributed by atoms with van der Waals surface area (Å²) < 4.78 is 50.8. The first kappa shape index (κ1) is 25.0. The summed E-state index contributed by atoms with van der Waals surface area (Å²) in [5.41, 5.74) is 3.17. The number of benzene rings is 3. The summed E-state index contributed by atoms with van der Waals surface area (Å²) in [6, 6.07) is 25.0. The molecule has 5 rings (SSSR count). The van der Waals surface area contributed by atoms with Crippen LogP contribution in [0.5, 0.6) is 0 Å². The van der Waals surface area contributed by atoms with Gasteiger partial charge in [-0.05, 0) is 28.8 Å². The predicted molar refractivity (Wildman–Crippen MR) is 138 cm³/mol. The topological polar surface area (TPSA) is 71.1 Å². The van der Waals surface area contributed by atoms with E-state index in [0.29, 0.717) is 35.4 Å². The molecule has 0 aliphatic carbocycles. The van der Waals surface area contributed by atoms with Crippen LogP contribution in [0.3, 0.4) is 0 Å². The molecular formula is C28H28O6S2. The van der Waals surface area contributed by atoms with Crippen molar-refractivity contribution in [3.63, 3.8) is 0 Å². The summed E-state index contributed by atoms with van der Waals surface area (Å²) in [6.45, 7) is 1.75. The number of hydrogen-bond donors (Lipinski definition) is 0. The lowest BCUT2D eigenvalue weighted by Crippen LogP contribution is -2.39. The van der Waals surface area contributed by atoms with Crippen molar-refractivity contribution in [3.8, 4) is 0 Å². The van der Waals surface area contributed by atoms with E-state index in [9.17, 15) is 8.42 Å². The van der Waals surface area contributed by atoms with Gasteiger partial charge < -0.3 is 18.9 Å². The molecule has 188 valence electrons. The Bertz CT molecular complexity index is 1260.